The number of carboxylic acid groups (broad SMARTS) is 1. The van der Waals surface area contributed by atoms with Gasteiger partial charge in [-0.2, -0.15) is 0 Å². The highest BCUT2D eigenvalue weighted by atomic mass is 32.5. The molecule has 16 atom stereocenters. The number of nitrogen functional groups attached to an aromatic ring is 1. The maximum atomic E-state index is 16.7. The second kappa shape index (κ2) is 28.2. The number of anilines is 3. The zero-order valence-electron chi connectivity index (χ0n) is 48.0. The van der Waals surface area contributed by atoms with Gasteiger partial charge < -0.3 is 83.6 Å². The third-order valence-electron chi connectivity index (χ3n) is 15.0. The van der Waals surface area contributed by atoms with Crippen LogP contribution in [0.5, 0.6) is 5.75 Å². The number of likely N-dealkylation sites (tertiary alicyclic amines) is 1. The van der Waals surface area contributed by atoms with E-state index in [0.717, 1.165) is 33.3 Å². The number of carbonyl (C=O) groups excluding carboxylic acids is 6. The van der Waals surface area contributed by atoms with Crippen LogP contribution >= 0.6 is 13.4 Å². The molecule has 36 nitrogen and oxygen atoms in total. The number of fused-ring (bicyclic) bond motifs is 4. The summed E-state index contributed by atoms with van der Waals surface area (Å²) in [5.74, 6) is -4.36. The summed E-state index contributed by atoms with van der Waals surface area (Å²) in [4.78, 5) is 137. The van der Waals surface area contributed by atoms with Crippen LogP contribution < -0.4 is 21.1 Å². The van der Waals surface area contributed by atoms with Gasteiger partial charge in [0.25, 0.3) is 0 Å². The Hall–Kier alpha value is -7.11. The Morgan fingerprint density at radius 3 is 2.04 bits per heavy atom. The molecular weight excluding hydrogens is 1310 g/mol. The number of carboxylic acids is 1. The first-order valence-corrected chi connectivity index (χ1v) is 33.1. The van der Waals surface area contributed by atoms with Crippen LogP contribution in [0, 0.1) is 5.92 Å². The Balaban J connectivity index is 0.724. The number of alkyl halides is 2. The van der Waals surface area contributed by atoms with Crippen LogP contribution in [0.25, 0.3) is 22.3 Å². The summed E-state index contributed by atoms with van der Waals surface area (Å²) in [6, 6.07) is 3.89. The van der Waals surface area contributed by atoms with E-state index >= 15 is 8.78 Å². The van der Waals surface area contributed by atoms with E-state index in [1.165, 1.54) is 36.1 Å². The summed E-state index contributed by atoms with van der Waals surface area (Å²) in [6.45, 7) is -9.98. The number of aliphatic carboxylic acids is 1. The molecule has 5 aliphatic rings. The summed E-state index contributed by atoms with van der Waals surface area (Å²) < 4.78 is 91.3. The smallest absolute Gasteiger partial charge is 0.412 e. The van der Waals surface area contributed by atoms with E-state index in [4.69, 9.17) is 75.9 Å². The van der Waals surface area contributed by atoms with Gasteiger partial charge in [0.2, 0.25) is 24.0 Å². The number of aromatic nitrogens is 8. The number of carbonyl (C=O) groups is 7. The summed E-state index contributed by atoms with van der Waals surface area (Å²) in [5, 5.41) is 45.7. The van der Waals surface area contributed by atoms with Crippen LogP contribution in [-0.2, 0) is 96.0 Å². The number of aliphatic hydroxyl groups excluding tert-OH is 3. The molecule has 5 aromatic rings. The molecule has 3 unspecified atom stereocenters. The lowest BCUT2D eigenvalue weighted by atomic mass is 9.99. The van der Waals surface area contributed by atoms with Crippen molar-refractivity contribution in [2.45, 2.75) is 126 Å². The van der Waals surface area contributed by atoms with Crippen LogP contribution in [0.3, 0.4) is 0 Å². The minimum atomic E-state index is -4.46. The molecule has 0 aliphatic carbocycles. The highest BCUT2D eigenvalue weighted by molar-refractivity contribution is 8.07. The fourth-order valence-electron chi connectivity index (χ4n) is 10.2. The maximum absolute atomic E-state index is 16.7. The highest BCUT2D eigenvalue weighted by Gasteiger charge is 2.54. The van der Waals surface area contributed by atoms with Gasteiger partial charge in [-0.05, 0) is 47.7 Å². The van der Waals surface area contributed by atoms with E-state index in [2.05, 4.69) is 40.5 Å². The van der Waals surface area contributed by atoms with Crippen molar-refractivity contribution >= 4 is 118 Å². The molecular formula is C50H59F2N13O23P2S2. The van der Waals surface area contributed by atoms with E-state index < -0.39 is 150 Å². The SMILES string of the molecule is CC1CC(=O)N(CCC(=O)CCCC(=O)Nc2cc(COC(=O)N(C)CCOC(=O)Nc3ncnc4c3ncn4[C@@H]3O[C@@H]4COP(O)(=S)O[C@H]5[C@@H](F)[C@H](n6cnc7c(N)ncnc76)O[C@@H]5COP(O)(=S)O[C@H]4[C@H]3F)ccc2O[C@@H]2O[C@H](C(=O)O)[C@@H](O)[C@H](O)[C@H]2O)C1=O. The number of benzene rings is 1. The van der Waals surface area contributed by atoms with E-state index in [0.29, 0.717) is 0 Å². The lowest BCUT2D eigenvalue weighted by Crippen LogP contribution is -2.61. The number of nitrogens with zero attached hydrogens (tertiary/aromatic N) is 10. The van der Waals surface area contributed by atoms with Crippen molar-refractivity contribution in [3.8, 4) is 5.75 Å². The number of amides is 5. The van der Waals surface area contributed by atoms with Gasteiger partial charge in [-0.3, -0.25) is 47.6 Å². The van der Waals surface area contributed by atoms with Crippen molar-refractivity contribution < 1.29 is 119 Å². The van der Waals surface area contributed by atoms with Crippen LogP contribution in [0.2, 0.25) is 0 Å². The van der Waals surface area contributed by atoms with E-state index in [1.807, 2.05) is 0 Å². The molecule has 0 bridgehead atoms. The standard InChI is InChI=1S/C50H59F2N13O23P2S2/c1-21-12-29(68)63(44(21)72)9-8-23(66)4-3-5-28(67)60-24-13-22(6-7-25(24)85-48-36(71)34(69)35(70)39(86-48)47(73)74)14-80-50(76)62(2)10-11-79-49(75)61-41-33-43(57-18-55-41)65(20-59-33)46-31(52)38-27(84-46)16-82-89(77,91)87-37-26(15-81-90(78,92)88-38)83-45(30(37)51)64-19-58-32-40(53)54-17-56-42(32)64/h6-7,13,17-21,26-27,30-31,34-39,45-46,48,69-71H,3-5,8-12,14-16H2,1-2H3,(H,60,67)(H,73,74)(H,77,91)(H,78,92)(H2,53,54,56)(H,55,57,61,75)/t21?,26-,27-,30-,31-,34+,35+,36-,37-,38-,39+,45-,46-,48-,89?,90?/m1/s1. The second-order valence-corrected chi connectivity index (χ2v) is 27.0. The van der Waals surface area contributed by atoms with Crippen molar-refractivity contribution in [1.82, 2.24) is 48.8 Å². The third kappa shape index (κ3) is 15.1. The quantitative estimate of drug-likeness (QED) is 0.0402. The molecule has 5 amide bonds. The van der Waals surface area contributed by atoms with Crippen molar-refractivity contribution in [1.29, 1.82) is 0 Å². The van der Waals surface area contributed by atoms with Gasteiger partial charge >= 0.3 is 31.6 Å². The number of hydrogen-bond donors (Lipinski definition) is 9. The van der Waals surface area contributed by atoms with Gasteiger partial charge in [0, 0.05) is 45.2 Å². The number of Topliss-reactive ketones (excluding diaryl/α,β-unsaturated/α-hetero) is 1. The number of likely N-dealkylation sites (N-methyl/N-ethyl adjacent to an activating group) is 1. The number of ether oxygens (including phenoxy) is 6. The summed E-state index contributed by atoms with van der Waals surface area (Å²) in [6.07, 6.45) is -21.9. The maximum Gasteiger partial charge on any atom is 0.412 e. The Labute approximate surface area is 527 Å². The first-order valence-electron chi connectivity index (χ1n) is 27.9. The molecule has 1 aromatic carbocycles. The molecule has 0 spiro atoms. The lowest BCUT2D eigenvalue weighted by molar-refractivity contribution is -0.271. The predicted molar refractivity (Wildman–Crippen MR) is 309 cm³/mol. The van der Waals surface area contributed by atoms with Crippen molar-refractivity contribution in [3.05, 3.63) is 49.1 Å². The van der Waals surface area contributed by atoms with Crippen molar-refractivity contribution in [2.75, 3.05) is 56.3 Å². The van der Waals surface area contributed by atoms with Crippen molar-refractivity contribution in [2.24, 2.45) is 5.92 Å². The fraction of sp³-hybridized carbons (Fsp3) is 0.540. The van der Waals surface area contributed by atoms with Gasteiger partial charge in [-0.15, -0.1) is 0 Å². The van der Waals surface area contributed by atoms with Gasteiger partial charge in [0.1, 0.15) is 85.6 Å². The summed E-state index contributed by atoms with van der Waals surface area (Å²) >= 11 is 10.5. The minimum Gasteiger partial charge on any atom is -0.479 e. The van der Waals surface area contributed by atoms with Crippen molar-refractivity contribution in [3.63, 3.8) is 0 Å². The number of nitrogens with one attached hydrogen (secondary N) is 2. The molecule has 498 valence electrons. The molecule has 10 rings (SSSR count). The second-order valence-electron chi connectivity index (χ2n) is 21.4. The predicted octanol–water partition coefficient (Wildman–Crippen LogP) is 0.521. The molecule has 10 N–H and O–H groups in total. The third-order valence-corrected chi connectivity index (χ3v) is 18.1. The van der Waals surface area contributed by atoms with E-state index in [9.17, 15) is 63.8 Å². The topological polar surface area (TPSA) is 477 Å². The normalized spacial score (nSPS) is 30.9. The molecule has 0 radical (unpaired) electrons. The number of nitrogens with two attached hydrogens (primary N) is 1. The molecule has 0 saturated carbocycles. The number of ketones is 1. The Kier molecular flexibility index (Phi) is 20.8. The zero-order valence-corrected chi connectivity index (χ0v) is 51.5. The Bertz CT molecular complexity index is 3750. The number of aliphatic hydroxyl groups is 3. The van der Waals surface area contributed by atoms with Crippen LogP contribution in [-0.4, -0.2) is 228 Å². The van der Waals surface area contributed by atoms with Gasteiger partial charge in [0.05, 0.1) is 38.1 Å². The molecule has 5 aliphatic heterocycles. The fourth-order valence-corrected chi connectivity index (χ4v) is 13.1. The van der Waals surface area contributed by atoms with Crippen LogP contribution in [0.15, 0.2) is 43.5 Å². The molecule has 4 aromatic heterocycles. The molecule has 92 heavy (non-hydrogen) atoms. The first kappa shape index (κ1) is 67.8. The largest absolute Gasteiger partial charge is 0.479 e. The van der Waals surface area contributed by atoms with Gasteiger partial charge in [-0.1, -0.05) is 13.0 Å². The number of hydrogen-bond acceptors (Lipinski definition) is 29. The average Bonchev–Trinajstić information content (AvgIpc) is 1.60. The lowest BCUT2D eigenvalue weighted by Gasteiger charge is -2.38. The average molecular weight is 1370 g/mol. The minimum absolute atomic E-state index is 0.00195. The number of imidazole rings is 2. The Morgan fingerprint density at radius 1 is 0.804 bits per heavy atom. The van der Waals surface area contributed by atoms with Gasteiger partial charge in [-0.25, -0.2) is 53.1 Å². The number of halogens is 2. The van der Waals surface area contributed by atoms with E-state index in [-0.39, 0.29) is 114 Å². The van der Waals surface area contributed by atoms with Gasteiger partial charge in [0.15, 0.2) is 59.3 Å². The molecule has 42 heteroatoms. The highest BCUT2D eigenvalue weighted by Crippen LogP contribution is 2.55. The summed E-state index contributed by atoms with van der Waals surface area (Å²) in [5.41, 5.74) is 6.00. The monoisotopic (exact) mass is 1370 g/mol. The molecule has 5 saturated heterocycles. The summed E-state index contributed by atoms with van der Waals surface area (Å²) in [7, 11) is 1.31. The van der Waals surface area contributed by atoms with Crippen LogP contribution in [0.4, 0.5) is 35.7 Å². The first-order chi connectivity index (χ1) is 43.7. The zero-order chi connectivity index (χ0) is 66.1. The molecule has 9 heterocycles. The molecule has 5 fully saturated rings. The number of rotatable bonds is 19. The van der Waals surface area contributed by atoms with Crippen LogP contribution in [0.1, 0.15) is 57.0 Å². The van der Waals surface area contributed by atoms with E-state index in [1.54, 1.807) is 6.92 Å². The number of imide groups is 1. The Morgan fingerprint density at radius 2 is 1.42 bits per heavy atom.